The van der Waals surface area contributed by atoms with E-state index in [4.69, 9.17) is 4.74 Å². The summed E-state index contributed by atoms with van der Waals surface area (Å²) >= 11 is 0. The Morgan fingerprint density at radius 2 is 2.11 bits per heavy atom. The number of carbonyl (C=O) groups is 1. The number of nitrogens with zero attached hydrogens (tertiary/aromatic N) is 1. The molecule has 4 nitrogen and oxygen atoms in total. The predicted molar refractivity (Wildman–Crippen MR) is 78.1 cm³/mol. The third-order valence-corrected chi connectivity index (χ3v) is 3.51. The van der Waals surface area contributed by atoms with Gasteiger partial charge in [-0.1, -0.05) is 27.7 Å². The molecule has 1 heterocycles. The highest BCUT2D eigenvalue weighted by Gasteiger charge is 2.21. The quantitative estimate of drug-likeness (QED) is 0.768. The lowest BCUT2D eigenvalue weighted by molar-refractivity contribution is -0.125. The Hall–Kier alpha value is -0.610. The third kappa shape index (κ3) is 6.92. The van der Waals surface area contributed by atoms with Crippen LogP contribution in [-0.2, 0) is 9.53 Å². The molecule has 0 saturated carbocycles. The van der Waals surface area contributed by atoms with E-state index in [0.717, 1.165) is 32.2 Å². The van der Waals surface area contributed by atoms with Crippen LogP contribution < -0.4 is 5.32 Å². The molecule has 0 bridgehead atoms. The zero-order chi connectivity index (χ0) is 14.3. The number of nitrogens with one attached hydrogen (secondary N) is 1. The maximum Gasteiger partial charge on any atom is 0.222 e. The van der Waals surface area contributed by atoms with E-state index < -0.39 is 0 Å². The lowest BCUT2D eigenvalue weighted by Gasteiger charge is -2.33. The van der Waals surface area contributed by atoms with Crippen molar-refractivity contribution in [2.45, 2.75) is 46.6 Å². The lowest BCUT2D eigenvalue weighted by Crippen LogP contribution is -2.48. The van der Waals surface area contributed by atoms with Crippen molar-refractivity contribution in [3.63, 3.8) is 0 Å². The SMILES string of the molecule is CC(C)CCCN1CCO[C@@H](CNC(=O)C(C)C)C1. The molecule has 1 aliphatic heterocycles. The highest BCUT2D eigenvalue weighted by atomic mass is 16.5. The molecule has 1 amide bonds. The predicted octanol–water partition coefficient (Wildman–Crippen LogP) is 1.90. The number of ether oxygens (including phenoxy) is 1. The number of hydrogen-bond acceptors (Lipinski definition) is 3. The van der Waals surface area contributed by atoms with Crippen LogP contribution in [0.25, 0.3) is 0 Å². The molecule has 1 rings (SSSR count). The summed E-state index contributed by atoms with van der Waals surface area (Å²) in [5.41, 5.74) is 0. The number of carbonyl (C=O) groups excluding carboxylic acids is 1. The van der Waals surface area contributed by atoms with Gasteiger partial charge in [0.25, 0.3) is 0 Å². The molecule has 0 aliphatic carbocycles. The topological polar surface area (TPSA) is 41.6 Å². The molecule has 19 heavy (non-hydrogen) atoms. The van der Waals surface area contributed by atoms with E-state index in [-0.39, 0.29) is 17.9 Å². The minimum Gasteiger partial charge on any atom is -0.374 e. The van der Waals surface area contributed by atoms with E-state index in [1.54, 1.807) is 0 Å². The Morgan fingerprint density at radius 1 is 1.37 bits per heavy atom. The molecule has 0 aromatic heterocycles. The van der Waals surface area contributed by atoms with Crippen LogP contribution in [0.5, 0.6) is 0 Å². The Labute approximate surface area is 117 Å². The first kappa shape index (κ1) is 16.4. The molecular formula is C15H30N2O2. The zero-order valence-corrected chi connectivity index (χ0v) is 12.9. The largest absolute Gasteiger partial charge is 0.374 e. The van der Waals surface area contributed by atoms with Crippen LogP contribution in [0.3, 0.4) is 0 Å². The second kappa shape index (κ2) is 8.54. The first-order valence-electron chi connectivity index (χ1n) is 7.60. The third-order valence-electron chi connectivity index (χ3n) is 3.51. The summed E-state index contributed by atoms with van der Waals surface area (Å²) in [7, 11) is 0. The number of morpholine rings is 1. The van der Waals surface area contributed by atoms with Crippen molar-refractivity contribution in [2.24, 2.45) is 11.8 Å². The Morgan fingerprint density at radius 3 is 2.74 bits per heavy atom. The molecule has 1 fully saturated rings. The summed E-state index contributed by atoms with van der Waals surface area (Å²) in [6.45, 7) is 12.9. The number of rotatable bonds is 7. The summed E-state index contributed by atoms with van der Waals surface area (Å²) in [4.78, 5) is 14.0. The van der Waals surface area contributed by atoms with Gasteiger partial charge in [0, 0.05) is 25.6 Å². The fourth-order valence-corrected chi connectivity index (χ4v) is 2.25. The lowest BCUT2D eigenvalue weighted by atomic mass is 10.1. The summed E-state index contributed by atoms with van der Waals surface area (Å²) in [6, 6.07) is 0. The molecule has 112 valence electrons. The van der Waals surface area contributed by atoms with E-state index >= 15 is 0 Å². The van der Waals surface area contributed by atoms with Gasteiger partial charge in [-0.2, -0.15) is 0 Å². The standard InChI is InChI=1S/C15H30N2O2/c1-12(2)6-5-7-17-8-9-19-14(11-17)10-16-15(18)13(3)4/h12-14H,5-11H2,1-4H3,(H,16,18)/t14-/m0/s1. The Balaban J connectivity index is 2.20. The van der Waals surface area contributed by atoms with Crippen molar-refractivity contribution in [3.05, 3.63) is 0 Å². The van der Waals surface area contributed by atoms with Crippen molar-refractivity contribution in [3.8, 4) is 0 Å². The van der Waals surface area contributed by atoms with Gasteiger partial charge in [-0.25, -0.2) is 0 Å². The van der Waals surface area contributed by atoms with Gasteiger partial charge in [0.05, 0.1) is 12.7 Å². The molecule has 0 spiro atoms. The van der Waals surface area contributed by atoms with E-state index in [1.807, 2.05) is 13.8 Å². The summed E-state index contributed by atoms with van der Waals surface area (Å²) in [5, 5.41) is 2.96. The summed E-state index contributed by atoms with van der Waals surface area (Å²) in [5.74, 6) is 0.938. The number of hydrogen-bond donors (Lipinski definition) is 1. The summed E-state index contributed by atoms with van der Waals surface area (Å²) < 4.78 is 5.71. The van der Waals surface area contributed by atoms with Gasteiger partial charge in [0.15, 0.2) is 0 Å². The average Bonchev–Trinajstić information content (AvgIpc) is 2.36. The van der Waals surface area contributed by atoms with E-state index in [0.29, 0.717) is 6.54 Å². The molecule has 1 saturated heterocycles. The summed E-state index contributed by atoms with van der Waals surface area (Å²) in [6.07, 6.45) is 2.69. The van der Waals surface area contributed by atoms with Gasteiger partial charge in [0.2, 0.25) is 5.91 Å². The second-order valence-corrected chi connectivity index (χ2v) is 6.23. The molecule has 0 radical (unpaired) electrons. The van der Waals surface area contributed by atoms with Crippen LogP contribution in [0.4, 0.5) is 0 Å². The molecule has 0 unspecified atom stereocenters. The van der Waals surface area contributed by atoms with Crippen LogP contribution in [0.2, 0.25) is 0 Å². The van der Waals surface area contributed by atoms with E-state index in [9.17, 15) is 4.79 Å². The fourth-order valence-electron chi connectivity index (χ4n) is 2.25. The maximum absolute atomic E-state index is 11.5. The van der Waals surface area contributed by atoms with Crippen LogP contribution in [0.15, 0.2) is 0 Å². The zero-order valence-electron chi connectivity index (χ0n) is 12.9. The van der Waals surface area contributed by atoms with Crippen LogP contribution in [0.1, 0.15) is 40.5 Å². The molecule has 1 N–H and O–H groups in total. The first-order valence-corrected chi connectivity index (χ1v) is 7.60. The van der Waals surface area contributed by atoms with E-state index in [1.165, 1.54) is 12.8 Å². The Bertz CT molecular complexity index is 267. The smallest absolute Gasteiger partial charge is 0.222 e. The minimum absolute atomic E-state index is 0.0470. The van der Waals surface area contributed by atoms with Crippen LogP contribution in [0, 0.1) is 11.8 Å². The van der Waals surface area contributed by atoms with Gasteiger partial charge in [-0.05, 0) is 25.3 Å². The molecule has 4 heteroatoms. The first-order chi connectivity index (χ1) is 8.99. The minimum atomic E-state index is 0.0470. The van der Waals surface area contributed by atoms with Crippen molar-refractivity contribution < 1.29 is 9.53 Å². The fraction of sp³-hybridized carbons (Fsp3) is 0.933. The highest BCUT2D eigenvalue weighted by Crippen LogP contribution is 2.09. The highest BCUT2D eigenvalue weighted by molar-refractivity contribution is 5.77. The Kier molecular flexibility index (Phi) is 7.39. The van der Waals surface area contributed by atoms with Gasteiger partial charge in [0.1, 0.15) is 0 Å². The van der Waals surface area contributed by atoms with Gasteiger partial charge >= 0.3 is 0 Å². The van der Waals surface area contributed by atoms with Gasteiger partial charge in [-0.15, -0.1) is 0 Å². The van der Waals surface area contributed by atoms with Crippen molar-refractivity contribution in [1.29, 1.82) is 0 Å². The molecule has 0 aromatic carbocycles. The number of amides is 1. The van der Waals surface area contributed by atoms with Crippen molar-refractivity contribution in [2.75, 3.05) is 32.8 Å². The van der Waals surface area contributed by atoms with Gasteiger partial charge in [-0.3, -0.25) is 9.69 Å². The molecule has 0 aromatic rings. The molecule has 1 atom stereocenters. The average molecular weight is 270 g/mol. The monoisotopic (exact) mass is 270 g/mol. The molecule has 1 aliphatic rings. The van der Waals surface area contributed by atoms with Crippen molar-refractivity contribution in [1.82, 2.24) is 10.2 Å². The normalized spacial score (nSPS) is 21.1. The van der Waals surface area contributed by atoms with Crippen molar-refractivity contribution >= 4 is 5.91 Å². The molecular weight excluding hydrogens is 240 g/mol. The van der Waals surface area contributed by atoms with Gasteiger partial charge < -0.3 is 10.1 Å². The van der Waals surface area contributed by atoms with Crippen LogP contribution in [-0.4, -0.2) is 49.7 Å². The second-order valence-electron chi connectivity index (χ2n) is 6.23. The van der Waals surface area contributed by atoms with Crippen LogP contribution >= 0.6 is 0 Å². The maximum atomic E-state index is 11.5. The van der Waals surface area contributed by atoms with E-state index in [2.05, 4.69) is 24.1 Å².